The molecule has 0 saturated heterocycles. The summed E-state index contributed by atoms with van der Waals surface area (Å²) in [7, 11) is 4.78. The van der Waals surface area contributed by atoms with Crippen molar-refractivity contribution in [1.82, 2.24) is 15.2 Å². The molecule has 3 aromatic rings. The molecule has 2 unspecified atom stereocenters. The molecular formula is C23H25N3O6. The lowest BCUT2D eigenvalue weighted by molar-refractivity contribution is -0.142. The Bertz CT molecular complexity index is 1160. The first-order valence-electron chi connectivity index (χ1n) is 9.87. The number of methoxy groups -OCH3 is 2. The molecule has 0 aliphatic rings. The Balaban J connectivity index is 1.77. The number of nitrogens with zero attached hydrogens (tertiary/aromatic N) is 1. The van der Waals surface area contributed by atoms with Crippen LogP contribution in [-0.2, 0) is 16.6 Å². The fraction of sp³-hybridized carbons (Fsp3) is 0.261. The normalized spacial score (nSPS) is 12.6. The third-order valence-electron chi connectivity index (χ3n) is 5.19. The molecule has 168 valence electrons. The van der Waals surface area contributed by atoms with Crippen molar-refractivity contribution in [3.63, 3.8) is 0 Å². The zero-order chi connectivity index (χ0) is 23.4. The van der Waals surface area contributed by atoms with E-state index in [1.165, 1.54) is 21.1 Å². The summed E-state index contributed by atoms with van der Waals surface area (Å²) in [6.45, 7) is 1.49. The second-order valence-electron chi connectivity index (χ2n) is 7.24. The Hall–Kier alpha value is -4.01. The molecule has 0 aliphatic heterocycles. The number of nitrogens with one attached hydrogen (secondary N) is 2. The van der Waals surface area contributed by atoms with Crippen molar-refractivity contribution in [3.8, 4) is 11.5 Å². The van der Waals surface area contributed by atoms with Crippen LogP contribution >= 0.6 is 0 Å². The Morgan fingerprint density at radius 2 is 1.59 bits per heavy atom. The lowest BCUT2D eigenvalue weighted by Gasteiger charge is -2.19. The molecule has 3 rings (SSSR count). The van der Waals surface area contributed by atoms with Crippen molar-refractivity contribution in [2.45, 2.75) is 19.0 Å². The van der Waals surface area contributed by atoms with Gasteiger partial charge in [0.25, 0.3) is 5.91 Å². The first kappa shape index (κ1) is 22.7. The number of carboxylic acid groups (broad SMARTS) is 1. The molecule has 32 heavy (non-hydrogen) atoms. The SMILES string of the molecule is COc1cc2cc(C(=O)NC(C)C(=O)NC(C(=O)O)c3ccccc3)n(C)c2cc1OC. The van der Waals surface area contributed by atoms with Crippen LogP contribution in [0.1, 0.15) is 29.0 Å². The van der Waals surface area contributed by atoms with Crippen LogP contribution in [0.3, 0.4) is 0 Å². The summed E-state index contributed by atoms with van der Waals surface area (Å²) in [4.78, 5) is 37.1. The van der Waals surface area contributed by atoms with Gasteiger partial charge in [-0.25, -0.2) is 4.79 Å². The summed E-state index contributed by atoms with van der Waals surface area (Å²) >= 11 is 0. The number of hydrogen-bond donors (Lipinski definition) is 3. The molecule has 0 saturated carbocycles. The summed E-state index contributed by atoms with van der Waals surface area (Å²) < 4.78 is 12.3. The lowest BCUT2D eigenvalue weighted by Crippen LogP contribution is -2.47. The van der Waals surface area contributed by atoms with E-state index in [1.807, 2.05) is 0 Å². The Morgan fingerprint density at radius 1 is 0.969 bits per heavy atom. The highest BCUT2D eigenvalue weighted by Crippen LogP contribution is 2.33. The first-order valence-corrected chi connectivity index (χ1v) is 9.87. The zero-order valence-corrected chi connectivity index (χ0v) is 18.2. The molecule has 2 aromatic carbocycles. The van der Waals surface area contributed by atoms with Crippen molar-refractivity contribution in [2.24, 2.45) is 7.05 Å². The minimum atomic E-state index is -1.22. The number of fused-ring (bicyclic) bond motifs is 1. The molecule has 9 nitrogen and oxygen atoms in total. The van der Waals surface area contributed by atoms with Crippen molar-refractivity contribution < 1.29 is 29.0 Å². The average Bonchev–Trinajstić information content (AvgIpc) is 3.12. The molecule has 2 amide bonds. The van der Waals surface area contributed by atoms with Gasteiger partial charge in [0.05, 0.1) is 19.7 Å². The zero-order valence-electron chi connectivity index (χ0n) is 18.2. The average molecular weight is 439 g/mol. The number of carbonyl (C=O) groups excluding carboxylic acids is 2. The number of aryl methyl sites for hydroxylation is 1. The largest absolute Gasteiger partial charge is 0.493 e. The van der Waals surface area contributed by atoms with Gasteiger partial charge in [-0.3, -0.25) is 9.59 Å². The van der Waals surface area contributed by atoms with E-state index in [2.05, 4.69) is 10.6 Å². The highest BCUT2D eigenvalue weighted by Gasteiger charge is 2.26. The number of aliphatic carboxylic acids is 1. The van der Waals surface area contributed by atoms with E-state index in [9.17, 15) is 19.5 Å². The van der Waals surface area contributed by atoms with E-state index in [-0.39, 0.29) is 0 Å². The molecular weight excluding hydrogens is 414 g/mol. The van der Waals surface area contributed by atoms with E-state index >= 15 is 0 Å². The van der Waals surface area contributed by atoms with Crippen LogP contribution in [0.15, 0.2) is 48.5 Å². The van der Waals surface area contributed by atoms with Crippen LogP contribution in [0, 0.1) is 0 Å². The standard InChI is InChI=1S/C23H25N3O6/c1-13(21(27)25-20(23(29)30)14-8-6-5-7-9-14)24-22(28)17-10-15-11-18(31-3)19(32-4)12-16(15)26(17)2/h5-13,20H,1-4H3,(H,24,28)(H,25,27)(H,29,30). The van der Waals surface area contributed by atoms with Gasteiger partial charge in [-0.2, -0.15) is 0 Å². The van der Waals surface area contributed by atoms with Gasteiger partial charge in [0.2, 0.25) is 5.91 Å². The fourth-order valence-corrected chi connectivity index (χ4v) is 3.42. The van der Waals surface area contributed by atoms with Crippen LogP contribution in [0.4, 0.5) is 0 Å². The highest BCUT2D eigenvalue weighted by molar-refractivity contribution is 6.01. The van der Waals surface area contributed by atoms with Gasteiger partial charge in [-0.05, 0) is 24.6 Å². The topological polar surface area (TPSA) is 119 Å². The van der Waals surface area contributed by atoms with Gasteiger partial charge in [0.1, 0.15) is 11.7 Å². The number of benzene rings is 2. The number of rotatable bonds is 8. The minimum absolute atomic E-state index is 0.327. The lowest BCUT2D eigenvalue weighted by atomic mass is 10.1. The van der Waals surface area contributed by atoms with Crippen molar-refractivity contribution in [1.29, 1.82) is 0 Å². The molecule has 1 heterocycles. The van der Waals surface area contributed by atoms with Gasteiger partial charge in [0, 0.05) is 18.5 Å². The van der Waals surface area contributed by atoms with Crippen LogP contribution < -0.4 is 20.1 Å². The number of ether oxygens (including phenoxy) is 2. The molecule has 0 bridgehead atoms. The maximum atomic E-state index is 12.9. The first-order chi connectivity index (χ1) is 15.3. The van der Waals surface area contributed by atoms with E-state index in [1.54, 1.807) is 60.1 Å². The van der Waals surface area contributed by atoms with Gasteiger partial charge in [-0.1, -0.05) is 30.3 Å². The van der Waals surface area contributed by atoms with E-state index < -0.39 is 29.9 Å². The second-order valence-corrected chi connectivity index (χ2v) is 7.24. The fourth-order valence-electron chi connectivity index (χ4n) is 3.42. The molecule has 0 fully saturated rings. The van der Waals surface area contributed by atoms with E-state index in [0.29, 0.717) is 22.8 Å². The maximum absolute atomic E-state index is 12.9. The predicted molar refractivity (Wildman–Crippen MR) is 118 cm³/mol. The van der Waals surface area contributed by atoms with Gasteiger partial charge < -0.3 is 29.8 Å². The van der Waals surface area contributed by atoms with E-state index in [0.717, 1.165) is 10.9 Å². The van der Waals surface area contributed by atoms with Crippen molar-refractivity contribution >= 4 is 28.7 Å². The third-order valence-corrected chi connectivity index (χ3v) is 5.19. The molecule has 3 N–H and O–H groups in total. The van der Waals surface area contributed by atoms with Crippen LogP contribution in [0.25, 0.3) is 10.9 Å². The highest BCUT2D eigenvalue weighted by atomic mass is 16.5. The summed E-state index contributed by atoms with van der Waals surface area (Å²) in [5.41, 5.74) is 1.51. The Kier molecular flexibility index (Phi) is 6.67. The van der Waals surface area contributed by atoms with E-state index in [4.69, 9.17) is 9.47 Å². The molecule has 9 heteroatoms. The molecule has 0 spiro atoms. The monoisotopic (exact) mass is 439 g/mol. The summed E-state index contributed by atoms with van der Waals surface area (Å²) in [6.07, 6.45) is 0. The van der Waals surface area contributed by atoms with Gasteiger partial charge in [0.15, 0.2) is 17.5 Å². The summed E-state index contributed by atoms with van der Waals surface area (Å²) in [5.74, 6) is -1.22. The number of carbonyl (C=O) groups is 3. The number of carboxylic acids is 1. The van der Waals surface area contributed by atoms with Crippen LogP contribution in [0.2, 0.25) is 0 Å². The number of amides is 2. The molecule has 0 radical (unpaired) electrons. The number of hydrogen-bond acceptors (Lipinski definition) is 5. The van der Waals surface area contributed by atoms with Gasteiger partial charge in [-0.15, -0.1) is 0 Å². The molecule has 0 aliphatic carbocycles. The number of aromatic nitrogens is 1. The molecule has 2 atom stereocenters. The quantitative estimate of drug-likeness (QED) is 0.495. The second kappa shape index (κ2) is 9.42. The smallest absolute Gasteiger partial charge is 0.330 e. The van der Waals surface area contributed by atoms with Crippen molar-refractivity contribution in [3.05, 3.63) is 59.8 Å². The maximum Gasteiger partial charge on any atom is 0.330 e. The van der Waals surface area contributed by atoms with Gasteiger partial charge >= 0.3 is 5.97 Å². The van der Waals surface area contributed by atoms with Crippen LogP contribution in [0.5, 0.6) is 11.5 Å². The minimum Gasteiger partial charge on any atom is -0.493 e. The molecule has 1 aromatic heterocycles. The summed E-state index contributed by atoms with van der Waals surface area (Å²) in [6, 6.07) is 11.4. The third kappa shape index (κ3) is 4.51. The van der Waals surface area contributed by atoms with Crippen molar-refractivity contribution in [2.75, 3.05) is 14.2 Å². The Morgan fingerprint density at radius 3 is 2.19 bits per heavy atom. The Labute approximate surface area is 184 Å². The van der Waals surface area contributed by atoms with Crippen LogP contribution in [-0.4, -0.2) is 47.7 Å². The predicted octanol–water partition coefficient (Wildman–Crippen LogP) is 2.26. The summed E-state index contributed by atoms with van der Waals surface area (Å²) in [5, 5.41) is 15.4.